The molecule has 1 fully saturated rings. The number of Topliss-reactive ketones (excluding diaryl/α,β-unsaturated/α-hetero) is 1. The number of carbonyl (C=O) groups excluding carboxylic acids is 2. The highest BCUT2D eigenvalue weighted by Crippen LogP contribution is 2.21. The monoisotopic (exact) mass is 214 g/mol. The van der Waals surface area contributed by atoms with Crippen molar-refractivity contribution in [2.45, 2.75) is 45.1 Å². The lowest BCUT2D eigenvalue weighted by molar-refractivity contribution is -0.144. The quantitative estimate of drug-likeness (QED) is 0.602. The third-order valence-corrected chi connectivity index (χ3v) is 2.45. The summed E-state index contributed by atoms with van der Waals surface area (Å²) in [5.74, 6) is -0.329. The summed E-state index contributed by atoms with van der Waals surface area (Å²) in [6, 6.07) is 0. The van der Waals surface area contributed by atoms with Crippen LogP contribution in [0.4, 0.5) is 0 Å². The van der Waals surface area contributed by atoms with Crippen LogP contribution in [0, 0.1) is 0 Å². The predicted octanol–water partition coefficient (Wildman–Crippen LogP) is 1.47. The SMILES string of the molecule is CCOC(=O)CCC(=O)COC1CCC1. The van der Waals surface area contributed by atoms with Crippen LogP contribution in [0.2, 0.25) is 0 Å². The zero-order valence-electron chi connectivity index (χ0n) is 9.16. The second kappa shape index (κ2) is 6.56. The number of hydrogen-bond acceptors (Lipinski definition) is 4. The van der Waals surface area contributed by atoms with Gasteiger partial charge in [0, 0.05) is 6.42 Å². The molecule has 4 nitrogen and oxygen atoms in total. The first-order valence-electron chi connectivity index (χ1n) is 5.51. The minimum Gasteiger partial charge on any atom is -0.466 e. The average Bonchev–Trinajstić information content (AvgIpc) is 2.13. The van der Waals surface area contributed by atoms with E-state index in [2.05, 4.69) is 0 Å². The zero-order chi connectivity index (χ0) is 11.1. The number of hydrogen-bond donors (Lipinski definition) is 0. The van der Waals surface area contributed by atoms with Gasteiger partial charge in [-0.3, -0.25) is 9.59 Å². The summed E-state index contributed by atoms with van der Waals surface area (Å²) in [6.45, 7) is 2.26. The minimum absolute atomic E-state index is 0.0186. The maximum Gasteiger partial charge on any atom is 0.306 e. The van der Waals surface area contributed by atoms with Gasteiger partial charge in [-0.05, 0) is 26.2 Å². The summed E-state index contributed by atoms with van der Waals surface area (Å²) < 4.78 is 10.0. The van der Waals surface area contributed by atoms with Gasteiger partial charge in [-0.1, -0.05) is 0 Å². The third kappa shape index (κ3) is 4.93. The van der Waals surface area contributed by atoms with Crippen molar-refractivity contribution < 1.29 is 19.1 Å². The minimum atomic E-state index is -0.311. The molecular formula is C11H18O4. The highest BCUT2D eigenvalue weighted by molar-refractivity contribution is 5.83. The summed E-state index contributed by atoms with van der Waals surface area (Å²) in [4.78, 5) is 22.2. The lowest BCUT2D eigenvalue weighted by Crippen LogP contribution is -2.25. The Morgan fingerprint density at radius 3 is 2.53 bits per heavy atom. The van der Waals surface area contributed by atoms with Crippen molar-refractivity contribution in [3.8, 4) is 0 Å². The van der Waals surface area contributed by atoms with Crippen LogP contribution < -0.4 is 0 Å². The van der Waals surface area contributed by atoms with E-state index in [0.29, 0.717) is 6.61 Å². The second-order valence-corrected chi connectivity index (χ2v) is 3.71. The van der Waals surface area contributed by atoms with Gasteiger partial charge in [-0.25, -0.2) is 0 Å². The molecule has 86 valence electrons. The molecular weight excluding hydrogens is 196 g/mol. The molecule has 0 unspecified atom stereocenters. The fraction of sp³-hybridized carbons (Fsp3) is 0.818. The van der Waals surface area contributed by atoms with Gasteiger partial charge in [0.15, 0.2) is 5.78 Å². The van der Waals surface area contributed by atoms with Crippen LogP contribution in [0.25, 0.3) is 0 Å². The first-order valence-corrected chi connectivity index (χ1v) is 5.51. The van der Waals surface area contributed by atoms with E-state index in [-0.39, 0.29) is 37.3 Å². The van der Waals surface area contributed by atoms with Gasteiger partial charge in [0.25, 0.3) is 0 Å². The number of rotatable bonds is 7. The number of ketones is 1. The van der Waals surface area contributed by atoms with Crippen molar-refractivity contribution in [2.75, 3.05) is 13.2 Å². The summed E-state index contributed by atoms with van der Waals surface area (Å²) >= 11 is 0. The molecule has 1 saturated carbocycles. The lowest BCUT2D eigenvalue weighted by atomic mass is 9.96. The first kappa shape index (κ1) is 12.2. The maximum absolute atomic E-state index is 11.3. The van der Waals surface area contributed by atoms with E-state index in [1.165, 1.54) is 6.42 Å². The molecule has 0 spiro atoms. The van der Waals surface area contributed by atoms with Gasteiger partial charge < -0.3 is 9.47 Å². The van der Waals surface area contributed by atoms with Crippen molar-refractivity contribution in [3.63, 3.8) is 0 Å². The highest BCUT2D eigenvalue weighted by atomic mass is 16.5. The Hall–Kier alpha value is -0.900. The van der Waals surface area contributed by atoms with Crippen LogP contribution >= 0.6 is 0 Å². The molecule has 0 aliphatic heterocycles. The van der Waals surface area contributed by atoms with E-state index in [1.807, 2.05) is 0 Å². The van der Waals surface area contributed by atoms with Gasteiger partial charge in [0.05, 0.1) is 19.1 Å². The van der Waals surface area contributed by atoms with Crippen LogP contribution in [-0.4, -0.2) is 31.1 Å². The van der Waals surface area contributed by atoms with Crippen LogP contribution in [-0.2, 0) is 19.1 Å². The van der Waals surface area contributed by atoms with E-state index < -0.39 is 0 Å². The largest absolute Gasteiger partial charge is 0.466 e. The Labute approximate surface area is 89.9 Å². The van der Waals surface area contributed by atoms with Crippen LogP contribution in [0.5, 0.6) is 0 Å². The Bertz CT molecular complexity index is 221. The van der Waals surface area contributed by atoms with Crippen LogP contribution in [0.1, 0.15) is 39.0 Å². The molecule has 0 heterocycles. The first-order chi connectivity index (χ1) is 7.22. The standard InChI is InChI=1S/C11H18O4/c1-2-14-11(13)7-6-9(12)8-15-10-4-3-5-10/h10H,2-8H2,1H3. The molecule has 0 amide bonds. The second-order valence-electron chi connectivity index (χ2n) is 3.71. The van der Waals surface area contributed by atoms with Crippen molar-refractivity contribution >= 4 is 11.8 Å². The molecule has 0 saturated heterocycles. The molecule has 0 radical (unpaired) electrons. The topological polar surface area (TPSA) is 52.6 Å². The van der Waals surface area contributed by atoms with Crippen LogP contribution in [0.15, 0.2) is 0 Å². The van der Waals surface area contributed by atoms with Gasteiger partial charge in [0.2, 0.25) is 0 Å². The van der Waals surface area contributed by atoms with E-state index in [1.54, 1.807) is 6.92 Å². The Balaban J connectivity index is 1.99. The number of carbonyl (C=O) groups is 2. The molecule has 0 aromatic carbocycles. The Morgan fingerprint density at radius 1 is 1.27 bits per heavy atom. The van der Waals surface area contributed by atoms with Crippen LogP contribution in [0.3, 0.4) is 0 Å². The lowest BCUT2D eigenvalue weighted by Gasteiger charge is -2.24. The fourth-order valence-electron chi connectivity index (χ4n) is 1.30. The number of esters is 1. The molecule has 0 aromatic heterocycles. The number of ether oxygens (including phenoxy) is 2. The molecule has 1 aliphatic rings. The van der Waals surface area contributed by atoms with Crippen molar-refractivity contribution in [3.05, 3.63) is 0 Å². The molecule has 0 atom stereocenters. The van der Waals surface area contributed by atoms with E-state index in [0.717, 1.165) is 12.8 Å². The highest BCUT2D eigenvalue weighted by Gasteiger charge is 2.19. The third-order valence-electron chi connectivity index (χ3n) is 2.45. The zero-order valence-corrected chi connectivity index (χ0v) is 9.16. The summed E-state index contributed by atoms with van der Waals surface area (Å²) in [5, 5.41) is 0. The summed E-state index contributed by atoms with van der Waals surface area (Å²) in [7, 11) is 0. The summed E-state index contributed by atoms with van der Waals surface area (Å²) in [5.41, 5.74) is 0. The molecule has 15 heavy (non-hydrogen) atoms. The average molecular weight is 214 g/mol. The molecule has 0 N–H and O–H groups in total. The smallest absolute Gasteiger partial charge is 0.306 e. The van der Waals surface area contributed by atoms with E-state index >= 15 is 0 Å². The van der Waals surface area contributed by atoms with Gasteiger partial charge in [0.1, 0.15) is 6.61 Å². The van der Waals surface area contributed by atoms with Crippen molar-refractivity contribution in [2.24, 2.45) is 0 Å². The van der Waals surface area contributed by atoms with E-state index in [4.69, 9.17) is 9.47 Å². The molecule has 1 rings (SSSR count). The molecule has 1 aliphatic carbocycles. The van der Waals surface area contributed by atoms with E-state index in [9.17, 15) is 9.59 Å². The van der Waals surface area contributed by atoms with Gasteiger partial charge in [-0.15, -0.1) is 0 Å². The van der Waals surface area contributed by atoms with Crippen molar-refractivity contribution in [1.29, 1.82) is 0 Å². The normalized spacial score (nSPS) is 15.8. The van der Waals surface area contributed by atoms with Gasteiger partial charge in [-0.2, -0.15) is 0 Å². The molecule has 0 aromatic rings. The van der Waals surface area contributed by atoms with Crippen molar-refractivity contribution in [1.82, 2.24) is 0 Å². The maximum atomic E-state index is 11.3. The molecule has 4 heteroatoms. The Morgan fingerprint density at radius 2 is 2.00 bits per heavy atom. The molecule has 0 bridgehead atoms. The van der Waals surface area contributed by atoms with Gasteiger partial charge >= 0.3 is 5.97 Å². The fourth-order valence-corrected chi connectivity index (χ4v) is 1.30. The predicted molar refractivity (Wildman–Crippen MR) is 54.5 cm³/mol. The Kier molecular flexibility index (Phi) is 5.32. The summed E-state index contributed by atoms with van der Waals surface area (Å²) in [6.07, 6.45) is 3.99.